The molecule has 1 heterocycles. The molecule has 1 unspecified atom stereocenters. The lowest BCUT2D eigenvalue weighted by Crippen LogP contribution is -2.35. The summed E-state index contributed by atoms with van der Waals surface area (Å²) in [6.07, 6.45) is -0.613. The minimum Gasteiger partial charge on any atom is -0.480 e. The molecule has 4 rings (SSSR count). The Morgan fingerprint density at radius 3 is 2.32 bits per heavy atom. The number of ether oxygens (including phenoxy) is 1. The highest BCUT2D eigenvalue weighted by Gasteiger charge is 2.24. The Bertz CT molecular complexity index is 1510. The van der Waals surface area contributed by atoms with Crippen molar-refractivity contribution in [3.63, 3.8) is 0 Å². The molecule has 8 heteroatoms. The van der Waals surface area contributed by atoms with Gasteiger partial charge in [-0.1, -0.05) is 74.9 Å². The van der Waals surface area contributed by atoms with E-state index in [-0.39, 0.29) is 17.8 Å². The van der Waals surface area contributed by atoms with Gasteiger partial charge in [0.1, 0.15) is 22.5 Å². The molecule has 3 aromatic carbocycles. The van der Waals surface area contributed by atoms with E-state index in [1.807, 2.05) is 50.1 Å². The first-order chi connectivity index (χ1) is 19.3. The molecule has 0 saturated carbocycles. The fourth-order valence-corrected chi connectivity index (χ4v) is 5.46. The number of rotatable bonds is 9. The highest BCUT2D eigenvalue weighted by Crippen LogP contribution is 2.36. The number of carbonyl (C=O) groups excluding carboxylic acids is 1. The Balaban J connectivity index is 1.44. The zero-order chi connectivity index (χ0) is 29.9. The minimum atomic E-state index is -1.04. The molecule has 0 bridgehead atoms. The summed E-state index contributed by atoms with van der Waals surface area (Å²) in [4.78, 5) is 20.3. The predicted molar refractivity (Wildman–Crippen MR) is 161 cm³/mol. The molecule has 41 heavy (non-hydrogen) atoms. The number of carbonyl (C=O) groups is 1. The van der Waals surface area contributed by atoms with Crippen LogP contribution in [0.3, 0.4) is 0 Å². The molecule has 216 valence electrons. The number of hydrogen-bond acceptors (Lipinski definition) is 5. The molecule has 0 aliphatic rings. The molecule has 0 aliphatic carbocycles. The van der Waals surface area contributed by atoms with Gasteiger partial charge in [-0.05, 0) is 62.1 Å². The van der Waals surface area contributed by atoms with Crippen LogP contribution < -0.4 is 10.1 Å². The number of halogens is 2. The van der Waals surface area contributed by atoms with E-state index in [1.165, 1.54) is 23.0 Å². The third-order valence-corrected chi connectivity index (χ3v) is 8.21. The molecule has 0 spiro atoms. The summed E-state index contributed by atoms with van der Waals surface area (Å²) in [5.41, 5.74) is 4.74. The zero-order valence-corrected chi connectivity index (χ0v) is 25.5. The van der Waals surface area contributed by atoms with Gasteiger partial charge in [0.15, 0.2) is 11.6 Å². The van der Waals surface area contributed by atoms with Gasteiger partial charge in [0.2, 0.25) is 0 Å². The van der Waals surface area contributed by atoms with Crippen LogP contribution in [0.5, 0.6) is 5.75 Å². The van der Waals surface area contributed by atoms with Crippen molar-refractivity contribution < 1.29 is 18.3 Å². The number of hydrogen-bond donors (Lipinski definition) is 1. The number of aromatic nitrogens is 1. The highest BCUT2D eigenvalue weighted by atomic mass is 32.1. The zero-order valence-electron chi connectivity index (χ0n) is 24.6. The van der Waals surface area contributed by atoms with Crippen molar-refractivity contribution in [1.82, 2.24) is 15.2 Å². The Morgan fingerprint density at radius 1 is 1.02 bits per heavy atom. The molecule has 0 aliphatic heterocycles. The van der Waals surface area contributed by atoms with Crippen LogP contribution in [0.4, 0.5) is 8.78 Å². The Morgan fingerprint density at radius 2 is 1.68 bits per heavy atom. The van der Waals surface area contributed by atoms with E-state index in [1.54, 1.807) is 6.92 Å². The second-order valence-electron chi connectivity index (χ2n) is 11.5. The maximum absolute atomic E-state index is 15.4. The van der Waals surface area contributed by atoms with Gasteiger partial charge in [0.05, 0.1) is 17.2 Å². The predicted octanol–water partition coefficient (Wildman–Crippen LogP) is 7.96. The van der Waals surface area contributed by atoms with Crippen molar-refractivity contribution in [2.75, 3.05) is 13.7 Å². The topological polar surface area (TPSA) is 54.5 Å². The summed E-state index contributed by atoms with van der Waals surface area (Å²) in [7, 11) is 1.82. The molecule has 1 amide bonds. The minimum absolute atomic E-state index is 0.0567. The molecule has 1 aromatic heterocycles. The van der Waals surface area contributed by atoms with Gasteiger partial charge < -0.3 is 10.1 Å². The van der Waals surface area contributed by atoms with Crippen LogP contribution in [0.25, 0.3) is 10.4 Å². The SMILES string of the molecule is Cc1ccc(CN(C)CNC(=O)c2c(F)ccc(OC(C)c3nc(C)c(-c4ccc(C(C)(C)C)cc4)s3)c2F)cc1. The van der Waals surface area contributed by atoms with E-state index in [0.717, 1.165) is 33.3 Å². The van der Waals surface area contributed by atoms with Crippen LogP contribution in [0.2, 0.25) is 0 Å². The highest BCUT2D eigenvalue weighted by molar-refractivity contribution is 7.15. The van der Waals surface area contributed by atoms with Crippen LogP contribution in [0.15, 0.2) is 60.7 Å². The van der Waals surface area contributed by atoms with Gasteiger partial charge >= 0.3 is 0 Å². The fraction of sp³-hybridized carbons (Fsp3) is 0.333. The van der Waals surface area contributed by atoms with Crippen molar-refractivity contribution in [3.8, 4) is 16.2 Å². The molecule has 0 radical (unpaired) electrons. The standard InChI is InChI=1S/C33H37F2N3O2S/c1-20-8-10-23(11-9-20)18-38(7)19-36-31(39)28-26(34)16-17-27(29(28)35)40-22(3)32-37-21(2)30(41-32)24-12-14-25(15-13-24)33(4,5)6/h8-17,22H,18-19H2,1-7H3,(H,36,39). The molecule has 0 saturated heterocycles. The van der Waals surface area contributed by atoms with Gasteiger partial charge in [-0.3, -0.25) is 9.69 Å². The first-order valence-corrected chi connectivity index (χ1v) is 14.4. The molecule has 5 nitrogen and oxygen atoms in total. The summed E-state index contributed by atoms with van der Waals surface area (Å²) in [5.74, 6) is -3.05. The number of nitrogens with zero attached hydrogens (tertiary/aromatic N) is 2. The maximum atomic E-state index is 15.4. The molecular weight excluding hydrogens is 540 g/mol. The number of benzene rings is 3. The maximum Gasteiger partial charge on any atom is 0.258 e. The van der Waals surface area contributed by atoms with Crippen molar-refractivity contribution >= 4 is 17.2 Å². The largest absolute Gasteiger partial charge is 0.480 e. The number of thiazole rings is 1. The molecular formula is C33H37F2N3O2S. The molecule has 1 N–H and O–H groups in total. The van der Waals surface area contributed by atoms with Crippen molar-refractivity contribution in [2.24, 2.45) is 0 Å². The van der Waals surface area contributed by atoms with Crippen LogP contribution in [0, 0.1) is 25.5 Å². The molecule has 1 atom stereocenters. The Kier molecular flexibility index (Phi) is 9.24. The lowest BCUT2D eigenvalue weighted by Gasteiger charge is -2.19. The van der Waals surface area contributed by atoms with Gasteiger partial charge in [-0.15, -0.1) is 11.3 Å². The van der Waals surface area contributed by atoms with E-state index < -0.39 is 29.2 Å². The van der Waals surface area contributed by atoms with Crippen molar-refractivity contribution in [1.29, 1.82) is 0 Å². The van der Waals surface area contributed by atoms with Gasteiger partial charge in [0, 0.05) is 6.54 Å². The quantitative estimate of drug-likeness (QED) is 0.205. The van der Waals surface area contributed by atoms with E-state index in [0.29, 0.717) is 11.6 Å². The molecule has 0 fully saturated rings. The summed E-state index contributed by atoms with van der Waals surface area (Å²) < 4.78 is 35.9. The summed E-state index contributed by atoms with van der Waals surface area (Å²) in [5, 5.41) is 3.26. The Hall–Kier alpha value is -3.62. The van der Waals surface area contributed by atoms with E-state index in [9.17, 15) is 9.18 Å². The smallest absolute Gasteiger partial charge is 0.258 e. The summed E-state index contributed by atoms with van der Waals surface area (Å²) in [6.45, 7) is 12.9. The number of aryl methyl sites for hydroxylation is 2. The van der Waals surface area contributed by atoms with Gasteiger partial charge in [-0.2, -0.15) is 0 Å². The number of amides is 1. The van der Waals surface area contributed by atoms with Crippen molar-refractivity contribution in [3.05, 3.63) is 105 Å². The third kappa shape index (κ3) is 7.37. The van der Waals surface area contributed by atoms with Crippen LogP contribution >= 0.6 is 11.3 Å². The average molecular weight is 578 g/mol. The van der Waals surface area contributed by atoms with Crippen molar-refractivity contribution in [2.45, 2.75) is 59.6 Å². The average Bonchev–Trinajstić information content (AvgIpc) is 3.31. The van der Waals surface area contributed by atoms with E-state index in [4.69, 9.17) is 4.74 Å². The first-order valence-electron chi connectivity index (χ1n) is 13.6. The van der Waals surface area contributed by atoms with E-state index >= 15 is 4.39 Å². The van der Waals surface area contributed by atoms with Crippen LogP contribution in [-0.2, 0) is 12.0 Å². The van der Waals surface area contributed by atoms with E-state index in [2.05, 4.69) is 55.3 Å². The van der Waals surface area contributed by atoms with Crippen LogP contribution in [0.1, 0.15) is 71.5 Å². The second-order valence-corrected chi connectivity index (χ2v) is 12.5. The number of nitrogens with one attached hydrogen (secondary N) is 1. The lowest BCUT2D eigenvalue weighted by atomic mass is 9.86. The molecule has 4 aromatic rings. The summed E-state index contributed by atoms with van der Waals surface area (Å²) >= 11 is 1.47. The van der Waals surface area contributed by atoms with Gasteiger partial charge in [-0.25, -0.2) is 13.8 Å². The lowest BCUT2D eigenvalue weighted by molar-refractivity contribution is 0.0917. The second kappa shape index (κ2) is 12.5. The Labute approximate surface area is 245 Å². The fourth-order valence-electron chi connectivity index (χ4n) is 4.41. The monoisotopic (exact) mass is 577 g/mol. The summed E-state index contributed by atoms with van der Waals surface area (Å²) in [6, 6.07) is 18.7. The normalized spacial score (nSPS) is 12.4. The van der Waals surface area contributed by atoms with Crippen LogP contribution in [-0.4, -0.2) is 29.5 Å². The van der Waals surface area contributed by atoms with Gasteiger partial charge in [0.25, 0.3) is 5.91 Å². The third-order valence-electron chi connectivity index (χ3n) is 6.84. The first kappa shape index (κ1) is 30.3.